The maximum absolute atomic E-state index is 12.4. The summed E-state index contributed by atoms with van der Waals surface area (Å²) in [5, 5.41) is 3.04. The Morgan fingerprint density at radius 2 is 2.05 bits per heavy atom. The highest BCUT2D eigenvalue weighted by atomic mass is 16.2. The summed E-state index contributed by atoms with van der Waals surface area (Å²) >= 11 is 0. The lowest BCUT2D eigenvalue weighted by Gasteiger charge is -2.30. The van der Waals surface area contributed by atoms with E-state index in [0.29, 0.717) is 12.6 Å². The van der Waals surface area contributed by atoms with Gasteiger partial charge in [-0.25, -0.2) is 4.79 Å². The number of hydrogen-bond acceptors (Lipinski definition) is 2. The number of benzene rings is 1. The van der Waals surface area contributed by atoms with Gasteiger partial charge in [0.05, 0.1) is 0 Å². The first-order valence-corrected chi connectivity index (χ1v) is 7.47. The summed E-state index contributed by atoms with van der Waals surface area (Å²) in [5.41, 5.74) is 1.14. The second-order valence-corrected chi connectivity index (χ2v) is 5.52. The van der Waals surface area contributed by atoms with Gasteiger partial charge in [-0.1, -0.05) is 37.3 Å². The zero-order valence-corrected chi connectivity index (χ0v) is 12.5. The van der Waals surface area contributed by atoms with Crippen molar-refractivity contribution in [3.63, 3.8) is 0 Å². The largest absolute Gasteiger partial charge is 0.334 e. The van der Waals surface area contributed by atoms with Crippen LogP contribution in [0.25, 0.3) is 0 Å². The number of urea groups is 1. The van der Waals surface area contributed by atoms with Crippen LogP contribution in [0.1, 0.15) is 25.3 Å². The van der Waals surface area contributed by atoms with Crippen molar-refractivity contribution >= 4 is 6.03 Å². The highest BCUT2D eigenvalue weighted by Gasteiger charge is 2.25. The standard InChI is InChI=1S/C16H25N3O/c1-3-15-13-18(2)10-7-11-19(15)16(20)17-12-14-8-5-4-6-9-14/h4-6,8-9,15H,3,7,10-13H2,1-2H3,(H,17,20). The van der Waals surface area contributed by atoms with Gasteiger partial charge in [0, 0.05) is 25.7 Å². The van der Waals surface area contributed by atoms with E-state index in [1.165, 1.54) is 0 Å². The molecule has 1 aliphatic heterocycles. The predicted molar refractivity (Wildman–Crippen MR) is 81.6 cm³/mol. The van der Waals surface area contributed by atoms with E-state index in [2.05, 4.69) is 24.2 Å². The number of rotatable bonds is 3. The molecule has 1 saturated heterocycles. The minimum absolute atomic E-state index is 0.0657. The number of nitrogens with one attached hydrogen (secondary N) is 1. The summed E-state index contributed by atoms with van der Waals surface area (Å²) in [7, 11) is 2.13. The van der Waals surface area contributed by atoms with Crippen LogP contribution >= 0.6 is 0 Å². The molecule has 1 fully saturated rings. The van der Waals surface area contributed by atoms with E-state index in [-0.39, 0.29) is 6.03 Å². The second kappa shape index (κ2) is 7.29. The van der Waals surface area contributed by atoms with Crippen LogP contribution in [-0.2, 0) is 6.54 Å². The third-order valence-electron chi connectivity index (χ3n) is 3.92. The molecule has 1 N–H and O–H groups in total. The van der Waals surface area contributed by atoms with Gasteiger partial charge in [0.15, 0.2) is 0 Å². The maximum atomic E-state index is 12.4. The van der Waals surface area contributed by atoms with Crippen LogP contribution in [0.3, 0.4) is 0 Å². The molecule has 1 atom stereocenters. The Balaban J connectivity index is 1.92. The molecule has 0 aliphatic carbocycles. The average molecular weight is 275 g/mol. The SMILES string of the molecule is CCC1CN(C)CCCN1C(=O)NCc1ccccc1. The second-order valence-electron chi connectivity index (χ2n) is 5.52. The fraction of sp³-hybridized carbons (Fsp3) is 0.562. The quantitative estimate of drug-likeness (QED) is 0.919. The van der Waals surface area contributed by atoms with Crippen molar-refractivity contribution in [2.45, 2.75) is 32.4 Å². The molecular formula is C16H25N3O. The first-order chi connectivity index (χ1) is 9.70. The summed E-state index contributed by atoms with van der Waals surface area (Å²) in [4.78, 5) is 16.7. The molecule has 0 aromatic heterocycles. The Labute approximate surface area is 121 Å². The summed E-state index contributed by atoms with van der Waals surface area (Å²) in [6.45, 7) is 5.64. The topological polar surface area (TPSA) is 35.6 Å². The van der Waals surface area contributed by atoms with E-state index in [4.69, 9.17) is 0 Å². The van der Waals surface area contributed by atoms with Gasteiger partial charge in [0.25, 0.3) is 0 Å². The summed E-state index contributed by atoms with van der Waals surface area (Å²) < 4.78 is 0. The van der Waals surface area contributed by atoms with Crippen LogP contribution < -0.4 is 5.32 Å². The molecule has 2 rings (SSSR count). The highest BCUT2D eigenvalue weighted by molar-refractivity contribution is 5.74. The molecule has 110 valence electrons. The lowest BCUT2D eigenvalue weighted by molar-refractivity contribution is 0.169. The van der Waals surface area contributed by atoms with Crippen molar-refractivity contribution in [1.29, 1.82) is 0 Å². The van der Waals surface area contributed by atoms with Crippen molar-refractivity contribution in [1.82, 2.24) is 15.1 Å². The van der Waals surface area contributed by atoms with Crippen LogP contribution in [-0.4, -0.2) is 48.6 Å². The van der Waals surface area contributed by atoms with E-state index < -0.39 is 0 Å². The number of likely N-dealkylation sites (N-methyl/N-ethyl adjacent to an activating group) is 1. The van der Waals surface area contributed by atoms with E-state index in [9.17, 15) is 4.79 Å². The van der Waals surface area contributed by atoms with Crippen LogP contribution in [0.2, 0.25) is 0 Å². The molecule has 4 nitrogen and oxygen atoms in total. The number of carbonyl (C=O) groups is 1. The summed E-state index contributed by atoms with van der Waals surface area (Å²) in [5.74, 6) is 0. The Morgan fingerprint density at radius 3 is 2.75 bits per heavy atom. The van der Waals surface area contributed by atoms with Gasteiger partial charge >= 0.3 is 6.03 Å². The minimum Gasteiger partial charge on any atom is -0.334 e. The van der Waals surface area contributed by atoms with Gasteiger partial charge in [-0.3, -0.25) is 0 Å². The van der Waals surface area contributed by atoms with Gasteiger partial charge in [-0.2, -0.15) is 0 Å². The van der Waals surface area contributed by atoms with Crippen LogP contribution in [0, 0.1) is 0 Å². The monoisotopic (exact) mass is 275 g/mol. The molecule has 1 heterocycles. The van der Waals surface area contributed by atoms with Crippen molar-refractivity contribution in [3.8, 4) is 0 Å². The molecule has 1 aromatic rings. The molecule has 20 heavy (non-hydrogen) atoms. The van der Waals surface area contributed by atoms with E-state index >= 15 is 0 Å². The third kappa shape index (κ3) is 3.97. The predicted octanol–water partition coefficient (Wildman–Crippen LogP) is 2.31. The molecule has 1 aliphatic rings. The highest BCUT2D eigenvalue weighted by Crippen LogP contribution is 2.12. The zero-order valence-electron chi connectivity index (χ0n) is 12.5. The first-order valence-electron chi connectivity index (χ1n) is 7.47. The lowest BCUT2D eigenvalue weighted by atomic mass is 10.2. The van der Waals surface area contributed by atoms with Crippen LogP contribution in [0.4, 0.5) is 4.79 Å². The van der Waals surface area contributed by atoms with E-state index in [0.717, 1.165) is 38.0 Å². The molecule has 2 amide bonds. The van der Waals surface area contributed by atoms with Crippen LogP contribution in [0.5, 0.6) is 0 Å². The smallest absolute Gasteiger partial charge is 0.317 e. The molecule has 0 radical (unpaired) electrons. The molecule has 0 spiro atoms. The third-order valence-corrected chi connectivity index (χ3v) is 3.92. The fourth-order valence-corrected chi connectivity index (χ4v) is 2.74. The molecule has 1 unspecified atom stereocenters. The fourth-order valence-electron chi connectivity index (χ4n) is 2.74. The van der Waals surface area contributed by atoms with Gasteiger partial charge in [0.2, 0.25) is 0 Å². The van der Waals surface area contributed by atoms with Gasteiger partial charge in [-0.05, 0) is 32.0 Å². The zero-order chi connectivity index (χ0) is 14.4. The molecular weight excluding hydrogens is 250 g/mol. The van der Waals surface area contributed by atoms with Crippen molar-refractivity contribution in [3.05, 3.63) is 35.9 Å². The van der Waals surface area contributed by atoms with Crippen molar-refractivity contribution < 1.29 is 4.79 Å². The van der Waals surface area contributed by atoms with E-state index in [1.54, 1.807) is 0 Å². The van der Waals surface area contributed by atoms with Gasteiger partial charge < -0.3 is 15.1 Å². The Kier molecular flexibility index (Phi) is 5.41. The Bertz CT molecular complexity index is 421. The first kappa shape index (κ1) is 14.9. The molecule has 0 bridgehead atoms. The number of amides is 2. The Morgan fingerprint density at radius 1 is 1.30 bits per heavy atom. The average Bonchev–Trinajstić information content (AvgIpc) is 2.67. The van der Waals surface area contributed by atoms with E-state index in [1.807, 2.05) is 35.2 Å². The van der Waals surface area contributed by atoms with Gasteiger partial charge in [0.1, 0.15) is 0 Å². The van der Waals surface area contributed by atoms with Gasteiger partial charge in [-0.15, -0.1) is 0 Å². The summed E-state index contributed by atoms with van der Waals surface area (Å²) in [6, 6.07) is 10.4. The number of hydrogen-bond donors (Lipinski definition) is 1. The number of carbonyl (C=O) groups excluding carboxylic acids is 1. The summed E-state index contributed by atoms with van der Waals surface area (Å²) in [6.07, 6.45) is 2.05. The Hall–Kier alpha value is -1.55. The van der Waals surface area contributed by atoms with Crippen molar-refractivity contribution in [2.75, 3.05) is 26.7 Å². The van der Waals surface area contributed by atoms with Crippen LogP contribution in [0.15, 0.2) is 30.3 Å². The van der Waals surface area contributed by atoms with Crippen molar-refractivity contribution in [2.24, 2.45) is 0 Å². The molecule has 1 aromatic carbocycles. The minimum atomic E-state index is 0.0657. The number of nitrogens with zero attached hydrogens (tertiary/aromatic N) is 2. The molecule has 0 saturated carbocycles. The molecule has 4 heteroatoms. The normalized spacial score (nSPS) is 20.5. The maximum Gasteiger partial charge on any atom is 0.317 e. The lowest BCUT2D eigenvalue weighted by Crippen LogP contribution is -2.48.